The Labute approximate surface area is 120 Å². The number of carboxylic acid groups (broad SMARTS) is 1. The normalized spacial score (nSPS) is 15.4. The molecule has 0 aliphatic carbocycles. The van der Waals surface area contributed by atoms with Gasteiger partial charge in [0.05, 0.1) is 0 Å². The van der Waals surface area contributed by atoms with Crippen molar-refractivity contribution in [1.29, 1.82) is 0 Å². The fourth-order valence-electron chi connectivity index (χ4n) is 1.76. The van der Waals surface area contributed by atoms with Crippen LogP contribution in [0.3, 0.4) is 0 Å². The van der Waals surface area contributed by atoms with Gasteiger partial charge in [0.1, 0.15) is 6.04 Å². The molecule has 1 saturated heterocycles. The van der Waals surface area contributed by atoms with Gasteiger partial charge in [0.2, 0.25) is 0 Å². The molecule has 2 rings (SSSR count). The number of nitrogens with two attached hydrogens (primary N) is 1. The number of nitrogens with one attached hydrogen (secondary N) is 1. The largest absolute Gasteiger partial charge is 0.480 e. The van der Waals surface area contributed by atoms with E-state index in [4.69, 9.17) is 10.8 Å². The molecule has 108 valence electrons. The first-order valence-electron chi connectivity index (χ1n) is 6.43. The number of carboxylic acids is 1. The molecular formula is C14H23ClN2O2. The standard InChI is InChI=1S/C9H11NO2.C5H11N.ClH/c10-8(9(11)12)6-7-4-2-1-3-5-7;1-2-4-6-5-3-1;/h1-5,8H,6,10H2,(H,11,12);6H,1-5H2;1H/t8-;;/m0../s1. The van der Waals surface area contributed by atoms with E-state index in [1.807, 2.05) is 30.3 Å². The van der Waals surface area contributed by atoms with E-state index in [9.17, 15) is 4.79 Å². The van der Waals surface area contributed by atoms with Gasteiger partial charge in [-0.2, -0.15) is 0 Å². The fourth-order valence-corrected chi connectivity index (χ4v) is 1.76. The van der Waals surface area contributed by atoms with Crippen molar-refractivity contribution in [2.24, 2.45) is 5.73 Å². The maximum absolute atomic E-state index is 10.4. The monoisotopic (exact) mass is 286 g/mol. The van der Waals surface area contributed by atoms with E-state index in [2.05, 4.69) is 5.32 Å². The van der Waals surface area contributed by atoms with Crippen molar-refractivity contribution < 1.29 is 9.90 Å². The predicted octanol–water partition coefficient (Wildman–Crippen LogP) is 1.82. The molecule has 1 aromatic rings. The number of piperidine rings is 1. The van der Waals surface area contributed by atoms with Crippen molar-refractivity contribution in [2.75, 3.05) is 13.1 Å². The van der Waals surface area contributed by atoms with Crippen LogP contribution in [0.2, 0.25) is 0 Å². The van der Waals surface area contributed by atoms with Crippen molar-refractivity contribution in [3.05, 3.63) is 35.9 Å². The molecule has 0 unspecified atom stereocenters. The zero-order valence-electron chi connectivity index (χ0n) is 11.0. The number of halogens is 1. The highest BCUT2D eigenvalue weighted by molar-refractivity contribution is 5.85. The molecule has 0 bridgehead atoms. The summed E-state index contributed by atoms with van der Waals surface area (Å²) in [5.74, 6) is -0.959. The minimum Gasteiger partial charge on any atom is -0.480 e. The highest BCUT2D eigenvalue weighted by atomic mass is 35.5. The van der Waals surface area contributed by atoms with Gasteiger partial charge in [-0.3, -0.25) is 4.79 Å². The summed E-state index contributed by atoms with van der Waals surface area (Å²) in [5.41, 5.74) is 6.30. The summed E-state index contributed by atoms with van der Waals surface area (Å²) >= 11 is 0. The van der Waals surface area contributed by atoms with Crippen molar-refractivity contribution in [3.8, 4) is 0 Å². The van der Waals surface area contributed by atoms with Crippen LogP contribution >= 0.6 is 12.4 Å². The van der Waals surface area contributed by atoms with Gasteiger partial charge in [-0.1, -0.05) is 36.8 Å². The molecule has 0 radical (unpaired) electrons. The zero-order chi connectivity index (χ0) is 13.2. The second-order valence-electron chi connectivity index (χ2n) is 4.45. The van der Waals surface area contributed by atoms with Gasteiger partial charge < -0.3 is 16.2 Å². The molecule has 0 spiro atoms. The van der Waals surface area contributed by atoms with Crippen LogP contribution in [0.1, 0.15) is 24.8 Å². The molecule has 0 aromatic heterocycles. The first-order chi connectivity index (χ1) is 8.70. The van der Waals surface area contributed by atoms with E-state index in [0.717, 1.165) is 5.56 Å². The van der Waals surface area contributed by atoms with E-state index in [1.54, 1.807) is 0 Å². The lowest BCUT2D eigenvalue weighted by molar-refractivity contribution is -0.138. The first-order valence-corrected chi connectivity index (χ1v) is 6.43. The molecule has 1 atom stereocenters. The molecule has 4 nitrogen and oxygen atoms in total. The minimum atomic E-state index is -0.959. The summed E-state index contributed by atoms with van der Waals surface area (Å²) in [6.45, 7) is 2.50. The number of rotatable bonds is 3. The van der Waals surface area contributed by atoms with Crippen LogP contribution in [-0.4, -0.2) is 30.2 Å². The van der Waals surface area contributed by atoms with Gasteiger partial charge in [-0.25, -0.2) is 0 Å². The smallest absolute Gasteiger partial charge is 0.320 e. The third-order valence-electron chi connectivity index (χ3n) is 2.82. The van der Waals surface area contributed by atoms with E-state index in [0.29, 0.717) is 6.42 Å². The summed E-state index contributed by atoms with van der Waals surface area (Å²) in [6, 6.07) is 8.54. The lowest BCUT2D eigenvalue weighted by atomic mass is 10.1. The Hall–Kier alpha value is -1.10. The van der Waals surface area contributed by atoms with Crippen molar-refractivity contribution in [3.63, 3.8) is 0 Å². The van der Waals surface area contributed by atoms with Crippen LogP contribution in [0.25, 0.3) is 0 Å². The first kappa shape index (κ1) is 17.9. The Morgan fingerprint density at radius 1 is 1.21 bits per heavy atom. The third-order valence-corrected chi connectivity index (χ3v) is 2.82. The summed E-state index contributed by atoms with van der Waals surface area (Å²) < 4.78 is 0. The van der Waals surface area contributed by atoms with Gasteiger partial charge in [-0.05, 0) is 37.9 Å². The Morgan fingerprint density at radius 2 is 1.79 bits per heavy atom. The molecular weight excluding hydrogens is 264 g/mol. The van der Waals surface area contributed by atoms with Gasteiger partial charge in [0, 0.05) is 0 Å². The van der Waals surface area contributed by atoms with Crippen LogP contribution in [-0.2, 0) is 11.2 Å². The van der Waals surface area contributed by atoms with Gasteiger partial charge >= 0.3 is 5.97 Å². The van der Waals surface area contributed by atoms with Crippen molar-refractivity contribution in [2.45, 2.75) is 31.7 Å². The third kappa shape index (κ3) is 8.59. The van der Waals surface area contributed by atoms with E-state index >= 15 is 0 Å². The number of hydrogen-bond acceptors (Lipinski definition) is 3. The maximum atomic E-state index is 10.4. The number of aliphatic carboxylic acids is 1. The quantitative estimate of drug-likeness (QED) is 0.792. The average Bonchev–Trinajstić information content (AvgIpc) is 2.42. The van der Waals surface area contributed by atoms with Gasteiger partial charge in [-0.15, -0.1) is 12.4 Å². The molecule has 1 aliphatic heterocycles. The Balaban J connectivity index is 0.000000392. The summed E-state index contributed by atoms with van der Waals surface area (Å²) in [5, 5.41) is 11.8. The molecule has 1 heterocycles. The van der Waals surface area contributed by atoms with Crippen LogP contribution < -0.4 is 11.1 Å². The van der Waals surface area contributed by atoms with Crippen molar-refractivity contribution >= 4 is 18.4 Å². The molecule has 19 heavy (non-hydrogen) atoms. The lowest BCUT2D eigenvalue weighted by Crippen LogP contribution is -2.32. The Kier molecular flexibility index (Phi) is 10.2. The van der Waals surface area contributed by atoms with Crippen molar-refractivity contribution in [1.82, 2.24) is 5.32 Å². The highest BCUT2D eigenvalue weighted by Gasteiger charge is 2.10. The van der Waals surface area contributed by atoms with Crippen LogP contribution in [0.5, 0.6) is 0 Å². The molecule has 0 saturated carbocycles. The van der Waals surface area contributed by atoms with Crippen LogP contribution in [0.15, 0.2) is 30.3 Å². The Morgan fingerprint density at radius 3 is 2.16 bits per heavy atom. The van der Waals surface area contributed by atoms with Gasteiger partial charge in [0.25, 0.3) is 0 Å². The number of carbonyl (C=O) groups is 1. The van der Waals surface area contributed by atoms with Gasteiger partial charge in [0.15, 0.2) is 0 Å². The SMILES string of the molecule is C1CCNCC1.Cl.N[C@@H](Cc1ccccc1)C(=O)O. The zero-order valence-corrected chi connectivity index (χ0v) is 11.9. The van der Waals surface area contributed by atoms with Crippen LogP contribution in [0.4, 0.5) is 0 Å². The van der Waals surface area contributed by atoms with E-state index < -0.39 is 12.0 Å². The summed E-state index contributed by atoms with van der Waals surface area (Å²) in [6.07, 6.45) is 4.60. The minimum absolute atomic E-state index is 0. The molecule has 5 heteroatoms. The molecule has 1 fully saturated rings. The van der Waals surface area contributed by atoms with E-state index in [-0.39, 0.29) is 12.4 Å². The number of hydrogen-bond donors (Lipinski definition) is 3. The maximum Gasteiger partial charge on any atom is 0.320 e. The second kappa shape index (κ2) is 10.8. The molecule has 1 aromatic carbocycles. The van der Waals surface area contributed by atoms with E-state index in [1.165, 1.54) is 32.4 Å². The number of benzene rings is 1. The lowest BCUT2D eigenvalue weighted by Gasteiger charge is -2.08. The highest BCUT2D eigenvalue weighted by Crippen LogP contribution is 2.01. The summed E-state index contributed by atoms with van der Waals surface area (Å²) in [4.78, 5) is 10.4. The predicted molar refractivity (Wildman–Crippen MR) is 79.7 cm³/mol. The molecule has 1 aliphatic rings. The second-order valence-corrected chi connectivity index (χ2v) is 4.45. The molecule has 0 amide bonds. The van der Waals surface area contributed by atoms with Crippen LogP contribution in [0, 0.1) is 0 Å². The summed E-state index contributed by atoms with van der Waals surface area (Å²) in [7, 11) is 0. The Bertz CT molecular complexity index is 331. The average molecular weight is 287 g/mol. The molecule has 4 N–H and O–H groups in total. The topological polar surface area (TPSA) is 75.3 Å². The fraction of sp³-hybridized carbons (Fsp3) is 0.500.